The molecule has 2 amide bonds. The molecule has 0 bridgehead atoms. The van der Waals surface area contributed by atoms with Crippen molar-refractivity contribution in [1.29, 1.82) is 0 Å². The molecule has 2 rings (SSSR count). The molecule has 0 aromatic heterocycles. The lowest BCUT2D eigenvalue weighted by molar-refractivity contribution is -0.288. The lowest BCUT2D eigenvalue weighted by Gasteiger charge is -2.38. The van der Waals surface area contributed by atoms with E-state index in [9.17, 15) is 46.1 Å². The number of halogens is 6. The molecule has 0 heterocycles. The Labute approximate surface area is 194 Å². The Hall–Kier alpha value is -3.52. The van der Waals surface area contributed by atoms with Gasteiger partial charge < -0.3 is 32.3 Å². The van der Waals surface area contributed by atoms with E-state index in [1.165, 1.54) is 0 Å². The van der Waals surface area contributed by atoms with Gasteiger partial charge in [-0.25, -0.2) is 0 Å². The third kappa shape index (κ3) is 5.59. The van der Waals surface area contributed by atoms with Crippen molar-refractivity contribution in [3.05, 3.63) is 47.5 Å². The number of phenolic OH excluding ortho intramolecular Hbond substituents is 2. The van der Waals surface area contributed by atoms with Crippen LogP contribution in [0.4, 0.5) is 37.7 Å². The lowest BCUT2D eigenvalue weighted by Crippen LogP contribution is -2.54. The fraction of sp³-hybridized carbons (Fsp3) is 0.333. The second-order valence-electron chi connectivity index (χ2n) is 7.38. The molecule has 8 N–H and O–H groups in total. The van der Waals surface area contributed by atoms with Crippen molar-refractivity contribution in [3.63, 3.8) is 0 Å². The van der Waals surface area contributed by atoms with Crippen LogP contribution in [-0.2, 0) is 15.0 Å². The fourth-order valence-corrected chi connectivity index (χ4v) is 3.41. The van der Waals surface area contributed by atoms with Crippen molar-refractivity contribution in [3.8, 4) is 11.5 Å². The van der Waals surface area contributed by atoms with Gasteiger partial charge in [-0.15, -0.1) is 0 Å². The largest absolute Gasteiger partial charge is 0.506 e. The number of alkyl halides is 6. The number of hydrogen-bond donors (Lipinski definition) is 6. The zero-order chi connectivity index (χ0) is 26.6. The highest BCUT2D eigenvalue weighted by atomic mass is 19.4. The standard InChI is InChI=1S/C21H22F6N4O4/c22-20(23,24)19(21(25,26)27,11-1-3-15(32)13(9-11)30-17(34)5-7-28)12-2-4-16(33)14(10-12)31-18(35)6-8-29/h1-4,9-10,32-33H,5-8,28-29H2,(H,30,34)(H,31,35). The Bertz CT molecular complexity index is 1000. The highest BCUT2D eigenvalue weighted by Gasteiger charge is 2.72. The van der Waals surface area contributed by atoms with Gasteiger partial charge in [0.25, 0.3) is 0 Å². The number of phenols is 2. The van der Waals surface area contributed by atoms with Gasteiger partial charge in [0.2, 0.25) is 17.2 Å². The van der Waals surface area contributed by atoms with Crippen LogP contribution < -0.4 is 22.1 Å². The van der Waals surface area contributed by atoms with Gasteiger partial charge >= 0.3 is 12.4 Å². The number of nitrogens with one attached hydrogen (secondary N) is 2. The minimum Gasteiger partial charge on any atom is -0.506 e. The molecule has 8 nitrogen and oxygen atoms in total. The minimum atomic E-state index is -6.00. The van der Waals surface area contributed by atoms with Gasteiger partial charge in [-0.3, -0.25) is 9.59 Å². The van der Waals surface area contributed by atoms with Crippen molar-refractivity contribution in [2.24, 2.45) is 11.5 Å². The van der Waals surface area contributed by atoms with Crippen molar-refractivity contribution in [2.75, 3.05) is 23.7 Å². The van der Waals surface area contributed by atoms with Crippen LogP contribution in [0.3, 0.4) is 0 Å². The van der Waals surface area contributed by atoms with Gasteiger partial charge in [0.15, 0.2) is 0 Å². The summed E-state index contributed by atoms with van der Waals surface area (Å²) < 4.78 is 86.5. The first-order valence-electron chi connectivity index (χ1n) is 9.99. The van der Waals surface area contributed by atoms with Crippen LogP contribution in [0.2, 0.25) is 0 Å². The number of rotatable bonds is 8. The monoisotopic (exact) mass is 508 g/mol. The van der Waals surface area contributed by atoms with Gasteiger partial charge in [0.1, 0.15) is 11.5 Å². The van der Waals surface area contributed by atoms with Crippen molar-refractivity contribution in [1.82, 2.24) is 0 Å². The second-order valence-corrected chi connectivity index (χ2v) is 7.38. The van der Waals surface area contributed by atoms with Gasteiger partial charge in [-0.05, 0) is 35.4 Å². The molecule has 0 unspecified atom stereocenters. The molecule has 0 aliphatic rings. The first-order valence-corrected chi connectivity index (χ1v) is 9.99. The normalized spacial score (nSPS) is 12.3. The molecular formula is C21H22F6N4O4. The maximum absolute atomic E-state index is 14.4. The van der Waals surface area contributed by atoms with Crippen LogP contribution in [0.1, 0.15) is 24.0 Å². The van der Waals surface area contributed by atoms with Crippen LogP contribution in [0.5, 0.6) is 11.5 Å². The number of benzene rings is 2. The summed E-state index contributed by atoms with van der Waals surface area (Å²) >= 11 is 0. The van der Waals surface area contributed by atoms with Crippen molar-refractivity contribution in [2.45, 2.75) is 30.6 Å². The molecule has 0 atom stereocenters. The van der Waals surface area contributed by atoms with Gasteiger partial charge in [0.05, 0.1) is 11.4 Å². The molecule has 0 saturated carbocycles. The summed E-state index contributed by atoms with van der Waals surface area (Å²) in [6.45, 7) is -0.318. The van der Waals surface area contributed by atoms with E-state index in [1.54, 1.807) is 0 Å². The Morgan fingerprint density at radius 2 is 1.06 bits per heavy atom. The number of aromatic hydroxyl groups is 2. The molecule has 0 radical (unpaired) electrons. The van der Waals surface area contributed by atoms with E-state index in [1.807, 2.05) is 10.6 Å². The number of hydrogen-bond acceptors (Lipinski definition) is 6. The smallest absolute Gasteiger partial charge is 0.411 e. The molecule has 0 aliphatic carbocycles. The van der Waals surface area contributed by atoms with Crippen LogP contribution in [0, 0.1) is 0 Å². The van der Waals surface area contributed by atoms with Gasteiger partial charge in [-0.1, -0.05) is 12.1 Å². The van der Waals surface area contributed by atoms with Crippen molar-refractivity contribution < 1.29 is 46.1 Å². The molecule has 14 heteroatoms. The van der Waals surface area contributed by atoms with E-state index in [2.05, 4.69) is 0 Å². The zero-order valence-electron chi connectivity index (χ0n) is 17.9. The predicted molar refractivity (Wildman–Crippen MR) is 114 cm³/mol. The first-order chi connectivity index (χ1) is 16.2. The molecule has 2 aromatic rings. The molecule has 0 spiro atoms. The number of anilines is 2. The Morgan fingerprint density at radius 3 is 1.34 bits per heavy atom. The maximum Gasteiger partial charge on any atom is 0.411 e. The summed E-state index contributed by atoms with van der Waals surface area (Å²) in [4.78, 5) is 23.6. The van der Waals surface area contributed by atoms with Gasteiger partial charge in [-0.2, -0.15) is 26.3 Å². The zero-order valence-corrected chi connectivity index (χ0v) is 17.9. The molecule has 192 valence electrons. The van der Waals surface area contributed by atoms with E-state index >= 15 is 0 Å². The summed E-state index contributed by atoms with van der Waals surface area (Å²) in [7, 11) is 0. The highest BCUT2D eigenvalue weighted by molar-refractivity contribution is 5.93. The van der Waals surface area contributed by atoms with Crippen LogP contribution in [0.25, 0.3) is 0 Å². The SMILES string of the molecule is NCCC(=O)Nc1cc(C(c2ccc(O)c(NC(=O)CCN)c2)(C(F)(F)F)C(F)(F)F)ccc1O. The highest BCUT2D eigenvalue weighted by Crippen LogP contribution is 2.57. The molecule has 0 saturated heterocycles. The quantitative estimate of drug-likeness (QED) is 0.238. The Morgan fingerprint density at radius 1 is 0.714 bits per heavy atom. The Kier molecular flexibility index (Phi) is 8.23. The minimum absolute atomic E-state index is 0.159. The molecule has 0 aliphatic heterocycles. The topological polar surface area (TPSA) is 151 Å². The van der Waals surface area contributed by atoms with E-state index in [-0.39, 0.29) is 25.9 Å². The third-order valence-corrected chi connectivity index (χ3v) is 5.00. The first kappa shape index (κ1) is 27.7. The van der Waals surface area contributed by atoms with Crippen LogP contribution >= 0.6 is 0 Å². The molecular weight excluding hydrogens is 486 g/mol. The lowest BCUT2D eigenvalue weighted by atomic mass is 9.72. The van der Waals surface area contributed by atoms with Crippen LogP contribution in [-0.4, -0.2) is 47.5 Å². The molecule has 2 aromatic carbocycles. The van der Waals surface area contributed by atoms with E-state index in [0.717, 1.165) is 0 Å². The van der Waals surface area contributed by atoms with E-state index < -0.39 is 63.6 Å². The number of carbonyl (C=O) groups is 2. The molecule has 35 heavy (non-hydrogen) atoms. The number of nitrogens with two attached hydrogens (primary N) is 2. The van der Waals surface area contributed by atoms with E-state index in [0.29, 0.717) is 36.4 Å². The second kappa shape index (κ2) is 10.4. The summed E-state index contributed by atoms with van der Waals surface area (Å²) in [6.07, 6.45) is -12.6. The fourth-order valence-electron chi connectivity index (χ4n) is 3.41. The average Bonchev–Trinajstić information content (AvgIpc) is 2.71. The van der Waals surface area contributed by atoms with Gasteiger partial charge in [0, 0.05) is 25.9 Å². The average molecular weight is 508 g/mol. The number of amides is 2. The summed E-state index contributed by atoms with van der Waals surface area (Å²) in [6, 6.07) is 2.67. The third-order valence-electron chi connectivity index (χ3n) is 5.00. The van der Waals surface area contributed by atoms with Crippen molar-refractivity contribution >= 4 is 23.2 Å². The van der Waals surface area contributed by atoms with Crippen LogP contribution in [0.15, 0.2) is 36.4 Å². The number of carbonyl (C=O) groups excluding carboxylic acids is 2. The summed E-state index contributed by atoms with van der Waals surface area (Å²) in [5.74, 6) is -3.26. The summed E-state index contributed by atoms with van der Waals surface area (Å²) in [5, 5.41) is 23.9. The van der Waals surface area contributed by atoms with E-state index in [4.69, 9.17) is 11.5 Å². The Balaban J connectivity index is 2.82. The summed E-state index contributed by atoms with van der Waals surface area (Å²) in [5.41, 5.74) is 1.57. The maximum atomic E-state index is 14.4. The predicted octanol–water partition coefficient (Wildman–Crippen LogP) is 3.08. The molecule has 0 fully saturated rings.